The molecule has 1 N–H and O–H groups in total. The molecule has 1 aliphatic rings. The van der Waals surface area contributed by atoms with Crippen LogP contribution in [0.2, 0.25) is 5.02 Å². The first-order valence-corrected chi connectivity index (χ1v) is 9.44. The molecule has 7 nitrogen and oxygen atoms in total. The number of amides is 1. The van der Waals surface area contributed by atoms with Crippen LogP contribution in [0.15, 0.2) is 35.0 Å². The first kappa shape index (κ1) is 18.8. The third-order valence-electron chi connectivity index (χ3n) is 4.27. The fraction of sp³-hybridized carbons (Fsp3) is 0.353. The minimum Gasteiger partial charge on any atom is -0.379 e. The second-order valence-electron chi connectivity index (χ2n) is 5.85. The molecule has 0 bridgehead atoms. The molecule has 2 aromatic rings. The van der Waals surface area contributed by atoms with Gasteiger partial charge in [0.25, 0.3) is 11.6 Å². The summed E-state index contributed by atoms with van der Waals surface area (Å²) in [7, 11) is 0. The molecular formula is C17H18ClN3O4S. The van der Waals surface area contributed by atoms with Crippen LogP contribution in [0.3, 0.4) is 0 Å². The van der Waals surface area contributed by atoms with Crippen molar-refractivity contribution < 1.29 is 14.5 Å². The fourth-order valence-corrected chi connectivity index (χ4v) is 3.82. The Hall–Kier alpha value is -2.00. The number of thiophene rings is 1. The van der Waals surface area contributed by atoms with Crippen LogP contribution in [0, 0.1) is 10.1 Å². The number of nitro benzene ring substituents is 1. The quantitative estimate of drug-likeness (QED) is 0.600. The molecule has 0 aliphatic carbocycles. The van der Waals surface area contributed by atoms with Gasteiger partial charge >= 0.3 is 0 Å². The van der Waals surface area contributed by atoms with Crippen LogP contribution in [0.5, 0.6) is 0 Å². The molecule has 1 aromatic carbocycles. The maximum absolute atomic E-state index is 12.6. The SMILES string of the molecule is O=C(NCC(c1ccsc1)N1CCOCC1)c1cc(Cl)ccc1[N+](=O)[O-]. The number of ether oxygens (including phenoxy) is 1. The van der Waals surface area contributed by atoms with E-state index >= 15 is 0 Å². The Morgan fingerprint density at radius 2 is 2.15 bits per heavy atom. The standard InChI is InChI=1S/C17H18ClN3O4S/c18-13-1-2-15(21(23)24)14(9-13)17(22)19-10-16(12-3-8-26-11-12)20-4-6-25-7-5-20/h1-3,8-9,11,16H,4-7,10H2,(H,19,22). The minimum absolute atomic E-state index is 0.00709. The Bertz CT molecular complexity index is 778. The Kier molecular flexibility index (Phi) is 6.20. The molecule has 3 rings (SSSR count). The molecule has 0 saturated carbocycles. The predicted molar refractivity (Wildman–Crippen MR) is 99.9 cm³/mol. The fourth-order valence-electron chi connectivity index (χ4n) is 2.95. The molecule has 1 saturated heterocycles. The number of halogens is 1. The van der Waals surface area contributed by atoms with E-state index in [0.29, 0.717) is 19.8 Å². The summed E-state index contributed by atoms with van der Waals surface area (Å²) < 4.78 is 5.40. The van der Waals surface area contributed by atoms with Gasteiger partial charge in [0.1, 0.15) is 5.56 Å². The van der Waals surface area contributed by atoms with Crippen molar-refractivity contribution in [1.82, 2.24) is 10.2 Å². The monoisotopic (exact) mass is 395 g/mol. The van der Waals surface area contributed by atoms with Gasteiger partial charge in [-0.1, -0.05) is 11.6 Å². The number of nitro groups is 1. The highest BCUT2D eigenvalue weighted by Gasteiger charge is 2.25. The largest absolute Gasteiger partial charge is 0.379 e. The van der Waals surface area contributed by atoms with Crippen molar-refractivity contribution in [3.8, 4) is 0 Å². The van der Waals surface area contributed by atoms with Crippen LogP contribution in [0.1, 0.15) is 22.0 Å². The van der Waals surface area contributed by atoms with E-state index in [1.807, 2.05) is 16.8 Å². The number of nitrogens with one attached hydrogen (secondary N) is 1. The molecule has 1 aliphatic heterocycles. The van der Waals surface area contributed by atoms with Crippen molar-refractivity contribution in [1.29, 1.82) is 0 Å². The zero-order valence-corrected chi connectivity index (χ0v) is 15.5. The van der Waals surface area contributed by atoms with E-state index in [-0.39, 0.29) is 22.3 Å². The van der Waals surface area contributed by atoms with Crippen LogP contribution in [0.4, 0.5) is 5.69 Å². The summed E-state index contributed by atoms with van der Waals surface area (Å²) in [4.78, 5) is 25.4. The number of carbonyl (C=O) groups excluding carboxylic acids is 1. The molecule has 1 unspecified atom stereocenters. The summed E-state index contributed by atoms with van der Waals surface area (Å²) in [6.45, 7) is 3.18. The van der Waals surface area contributed by atoms with Gasteiger partial charge in [-0.15, -0.1) is 0 Å². The molecular weight excluding hydrogens is 378 g/mol. The number of carbonyl (C=O) groups is 1. The number of rotatable bonds is 6. The van der Waals surface area contributed by atoms with E-state index in [2.05, 4.69) is 10.2 Å². The highest BCUT2D eigenvalue weighted by atomic mass is 35.5. The van der Waals surface area contributed by atoms with Crippen molar-refractivity contribution in [2.75, 3.05) is 32.8 Å². The van der Waals surface area contributed by atoms with E-state index in [4.69, 9.17) is 16.3 Å². The lowest BCUT2D eigenvalue weighted by atomic mass is 10.1. The molecule has 0 spiro atoms. The molecule has 1 amide bonds. The van der Waals surface area contributed by atoms with E-state index in [9.17, 15) is 14.9 Å². The van der Waals surface area contributed by atoms with Crippen LogP contribution >= 0.6 is 22.9 Å². The van der Waals surface area contributed by atoms with E-state index in [0.717, 1.165) is 18.7 Å². The lowest BCUT2D eigenvalue weighted by molar-refractivity contribution is -0.385. The molecule has 0 radical (unpaired) electrons. The zero-order valence-electron chi connectivity index (χ0n) is 13.9. The Morgan fingerprint density at radius 3 is 2.81 bits per heavy atom. The molecule has 138 valence electrons. The number of benzene rings is 1. The van der Waals surface area contributed by atoms with Crippen molar-refractivity contribution in [3.05, 3.63) is 61.3 Å². The van der Waals surface area contributed by atoms with Crippen LogP contribution < -0.4 is 5.32 Å². The van der Waals surface area contributed by atoms with Gasteiger partial charge in [0, 0.05) is 30.7 Å². The summed E-state index contributed by atoms with van der Waals surface area (Å²) in [5.41, 5.74) is 0.816. The molecule has 1 atom stereocenters. The predicted octanol–water partition coefficient (Wildman–Crippen LogP) is 3.11. The van der Waals surface area contributed by atoms with Gasteiger partial charge in [-0.3, -0.25) is 19.8 Å². The smallest absolute Gasteiger partial charge is 0.282 e. The number of nitrogens with zero attached hydrogens (tertiary/aromatic N) is 2. The van der Waals surface area contributed by atoms with Gasteiger partial charge in [-0.25, -0.2) is 0 Å². The lowest BCUT2D eigenvalue weighted by Crippen LogP contribution is -2.43. The Labute approximate surface area is 159 Å². The second kappa shape index (κ2) is 8.59. The summed E-state index contributed by atoms with van der Waals surface area (Å²) in [6.07, 6.45) is 0. The van der Waals surface area contributed by atoms with Gasteiger partial charge in [-0.05, 0) is 34.5 Å². The number of morpholine rings is 1. The second-order valence-corrected chi connectivity index (χ2v) is 7.07. The van der Waals surface area contributed by atoms with E-state index in [1.165, 1.54) is 18.2 Å². The van der Waals surface area contributed by atoms with Gasteiger partial charge in [0.05, 0.1) is 24.2 Å². The van der Waals surface area contributed by atoms with Crippen LogP contribution in [-0.2, 0) is 4.74 Å². The highest BCUT2D eigenvalue weighted by molar-refractivity contribution is 7.07. The summed E-state index contributed by atoms with van der Waals surface area (Å²) in [6, 6.07) is 5.99. The summed E-state index contributed by atoms with van der Waals surface area (Å²) >= 11 is 7.50. The third kappa shape index (κ3) is 4.39. The van der Waals surface area contributed by atoms with Crippen LogP contribution in [-0.4, -0.2) is 48.6 Å². The molecule has 1 fully saturated rings. The first-order valence-electron chi connectivity index (χ1n) is 8.12. The molecule has 2 heterocycles. The van der Waals surface area contributed by atoms with Crippen molar-refractivity contribution in [2.24, 2.45) is 0 Å². The van der Waals surface area contributed by atoms with Gasteiger partial charge < -0.3 is 10.1 Å². The van der Waals surface area contributed by atoms with Crippen molar-refractivity contribution in [2.45, 2.75) is 6.04 Å². The minimum atomic E-state index is -0.580. The van der Waals surface area contributed by atoms with Gasteiger partial charge in [-0.2, -0.15) is 11.3 Å². The molecule has 9 heteroatoms. The van der Waals surface area contributed by atoms with Crippen molar-refractivity contribution in [3.63, 3.8) is 0 Å². The van der Waals surface area contributed by atoms with Crippen LogP contribution in [0.25, 0.3) is 0 Å². The average Bonchev–Trinajstić information content (AvgIpc) is 3.16. The number of hydrogen-bond acceptors (Lipinski definition) is 6. The zero-order chi connectivity index (χ0) is 18.5. The maximum Gasteiger partial charge on any atom is 0.282 e. The first-order chi connectivity index (χ1) is 12.6. The van der Waals surface area contributed by atoms with Gasteiger partial charge in [0.15, 0.2) is 0 Å². The van der Waals surface area contributed by atoms with E-state index < -0.39 is 10.8 Å². The Balaban J connectivity index is 1.76. The average molecular weight is 396 g/mol. The van der Waals surface area contributed by atoms with E-state index in [1.54, 1.807) is 11.3 Å². The maximum atomic E-state index is 12.6. The molecule has 26 heavy (non-hydrogen) atoms. The van der Waals surface area contributed by atoms with Crippen molar-refractivity contribution >= 4 is 34.5 Å². The Morgan fingerprint density at radius 1 is 1.38 bits per heavy atom. The third-order valence-corrected chi connectivity index (χ3v) is 5.21. The lowest BCUT2D eigenvalue weighted by Gasteiger charge is -2.34. The van der Waals surface area contributed by atoms with Gasteiger partial charge in [0.2, 0.25) is 0 Å². The number of hydrogen-bond donors (Lipinski definition) is 1. The summed E-state index contributed by atoms with van der Waals surface area (Å²) in [5.74, 6) is -0.507. The normalized spacial score (nSPS) is 16.2. The highest BCUT2D eigenvalue weighted by Crippen LogP contribution is 2.25. The topological polar surface area (TPSA) is 84.7 Å². The summed E-state index contributed by atoms with van der Waals surface area (Å²) in [5, 5.41) is 18.3. The molecule has 1 aromatic heterocycles.